The van der Waals surface area contributed by atoms with Gasteiger partial charge in [0, 0.05) is 24.7 Å². The largest absolute Gasteiger partial charge is 0.377 e. The third kappa shape index (κ3) is 2.58. The van der Waals surface area contributed by atoms with E-state index in [9.17, 15) is 0 Å². The van der Waals surface area contributed by atoms with Gasteiger partial charge in [0.15, 0.2) is 0 Å². The Hall–Kier alpha value is -0.120. The summed E-state index contributed by atoms with van der Waals surface area (Å²) in [5.74, 6) is 0. The second-order valence-corrected chi connectivity index (χ2v) is 5.60. The van der Waals surface area contributed by atoms with E-state index in [0.717, 1.165) is 13.2 Å². The monoisotopic (exact) mass is 226 g/mol. The van der Waals surface area contributed by atoms with E-state index in [4.69, 9.17) is 4.74 Å². The van der Waals surface area contributed by atoms with E-state index >= 15 is 0 Å². The number of ether oxygens (including phenoxy) is 1. The Morgan fingerprint density at radius 1 is 1.50 bits per heavy atom. The van der Waals surface area contributed by atoms with Crippen molar-refractivity contribution in [2.45, 2.75) is 57.7 Å². The number of nitrogens with one attached hydrogen (secondary N) is 1. The molecule has 0 aromatic rings. The highest BCUT2D eigenvalue weighted by molar-refractivity contribution is 4.92. The Balaban J connectivity index is 2.02. The smallest absolute Gasteiger partial charge is 0.0703 e. The van der Waals surface area contributed by atoms with Gasteiger partial charge in [0.2, 0.25) is 0 Å². The Labute approximate surface area is 99.5 Å². The average Bonchev–Trinajstić information content (AvgIpc) is 2.59. The number of hydrogen-bond acceptors (Lipinski definition) is 3. The zero-order valence-corrected chi connectivity index (χ0v) is 11.0. The van der Waals surface area contributed by atoms with Crippen LogP contribution in [0, 0.1) is 0 Å². The molecule has 2 aliphatic rings. The molecule has 0 amide bonds. The van der Waals surface area contributed by atoms with E-state index in [-0.39, 0.29) is 0 Å². The lowest BCUT2D eigenvalue weighted by atomic mass is 9.97. The fourth-order valence-electron chi connectivity index (χ4n) is 2.98. The minimum Gasteiger partial charge on any atom is -0.377 e. The third-order valence-corrected chi connectivity index (χ3v) is 4.31. The Morgan fingerprint density at radius 2 is 2.31 bits per heavy atom. The molecule has 3 unspecified atom stereocenters. The lowest BCUT2D eigenvalue weighted by molar-refractivity contribution is 0.0664. The predicted molar refractivity (Wildman–Crippen MR) is 66.7 cm³/mol. The van der Waals surface area contributed by atoms with Crippen molar-refractivity contribution in [3.63, 3.8) is 0 Å². The van der Waals surface area contributed by atoms with Gasteiger partial charge in [-0.2, -0.15) is 0 Å². The van der Waals surface area contributed by atoms with Crippen LogP contribution in [0.25, 0.3) is 0 Å². The SMILES string of the molecule is CCC1(C)CN(C2CCOC2C)CCCN1. The van der Waals surface area contributed by atoms with E-state index in [0.29, 0.717) is 17.7 Å². The first-order valence-electron chi connectivity index (χ1n) is 6.75. The second-order valence-electron chi connectivity index (χ2n) is 5.60. The zero-order valence-electron chi connectivity index (χ0n) is 11.0. The molecule has 2 fully saturated rings. The third-order valence-electron chi connectivity index (χ3n) is 4.31. The maximum Gasteiger partial charge on any atom is 0.0703 e. The molecule has 16 heavy (non-hydrogen) atoms. The number of nitrogens with zero attached hydrogens (tertiary/aromatic N) is 1. The first-order chi connectivity index (χ1) is 7.64. The number of rotatable bonds is 2. The summed E-state index contributed by atoms with van der Waals surface area (Å²) in [4.78, 5) is 2.65. The van der Waals surface area contributed by atoms with Gasteiger partial charge in [-0.25, -0.2) is 0 Å². The first-order valence-corrected chi connectivity index (χ1v) is 6.75. The minimum absolute atomic E-state index is 0.290. The van der Waals surface area contributed by atoms with Crippen LogP contribution in [0.4, 0.5) is 0 Å². The molecule has 0 aliphatic carbocycles. The van der Waals surface area contributed by atoms with Crippen LogP contribution in [-0.2, 0) is 4.74 Å². The van der Waals surface area contributed by atoms with Crippen LogP contribution >= 0.6 is 0 Å². The molecule has 0 aromatic carbocycles. The van der Waals surface area contributed by atoms with Crippen LogP contribution in [0.5, 0.6) is 0 Å². The van der Waals surface area contributed by atoms with Gasteiger partial charge in [0.25, 0.3) is 0 Å². The summed E-state index contributed by atoms with van der Waals surface area (Å²) < 4.78 is 5.70. The summed E-state index contributed by atoms with van der Waals surface area (Å²) >= 11 is 0. The van der Waals surface area contributed by atoms with Gasteiger partial charge in [-0.15, -0.1) is 0 Å². The van der Waals surface area contributed by atoms with E-state index in [1.165, 1.54) is 32.4 Å². The summed E-state index contributed by atoms with van der Waals surface area (Å²) in [5.41, 5.74) is 0.290. The fraction of sp³-hybridized carbons (Fsp3) is 1.00. The Morgan fingerprint density at radius 3 is 2.94 bits per heavy atom. The zero-order chi connectivity index (χ0) is 11.6. The summed E-state index contributed by atoms with van der Waals surface area (Å²) in [6.45, 7) is 11.3. The highest BCUT2D eigenvalue weighted by atomic mass is 16.5. The van der Waals surface area contributed by atoms with Gasteiger partial charge in [0.1, 0.15) is 0 Å². The van der Waals surface area contributed by atoms with Gasteiger partial charge in [-0.3, -0.25) is 4.90 Å². The van der Waals surface area contributed by atoms with Crippen LogP contribution in [-0.4, -0.2) is 48.8 Å². The molecule has 0 spiro atoms. The van der Waals surface area contributed by atoms with Gasteiger partial charge in [0.05, 0.1) is 6.10 Å². The first kappa shape index (κ1) is 12.3. The molecule has 0 aromatic heterocycles. The average molecular weight is 226 g/mol. The normalized spacial score (nSPS) is 42.2. The quantitative estimate of drug-likeness (QED) is 0.774. The molecule has 0 radical (unpaired) electrons. The fourth-order valence-corrected chi connectivity index (χ4v) is 2.98. The van der Waals surface area contributed by atoms with Crippen molar-refractivity contribution in [2.75, 3.05) is 26.2 Å². The highest BCUT2D eigenvalue weighted by Gasteiger charge is 2.35. The van der Waals surface area contributed by atoms with Gasteiger partial charge < -0.3 is 10.1 Å². The van der Waals surface area contributed by atoms with Crippen LogP contribution in [0.15, 0.2) is 0 Å². The van der Waals surface area contributed by atoms with Crippen molar-refractivity contribution in [3.05, 3.63) is 0 Å². The molecule has 0 saturated carbocycles. The van der Waals surface area contributed by atoms with Gasteiger partial charge >= 0.3 is 0 Å². The summed E-state index contributed by atoms with van der Waals surface area (Å²) in [7, 11) is 0. The molecule has 2 saturated heterocycles. The standard InChI is InChI=1S/C13H26N2O/c1-4-13(3)10-15(8-5-7-14-13)12-6-9-16-11(12)2/h11-12,14H,4-10H2,1-3H3. The molecule has 3 atom stereocenters. The summed E-state index contributed by atoms with van der Waals surface area (Å²) in [5, 5.41) is 3.69. The molecule has 3 nitrogen and oxygen atoms in total. The molecule has 94 valence electrons. The predicted octanol–water partition coefficient (Wildman–Crippen LogP) is 1.63. The van der Waals surface area contributed by atoms with E-state index in [1.807, 2.05) is 0 Å². The second kappa shape index (κ2) is 5.03. The minimum atomic E-state index is 0.290. The maximum atomic E-state index is 5.70. The topological polar surface area (TPSA) is 24.5 Å². The lowest BCUT2D eigenvalue weighted by Gasteiger charge is -2.36. The van der Waals surface area contributed by atoms with Gasteiger partial charge in [-0.1, -0.05) is 6.92 Å². The van der Waals surface area contributed by atoms with Crippen LogP contribution < -0.4 is 5.32 Å². The Kier molecular flexibility index (Phi) is 3.88. The lowest BCUT2D eigenvalue weighted by Crippen LogP contribution is -2.52. The molecule has 0 bridgehead atoms. The van der Waals surface area contributed by atoms with Crippen LogP contribution in [0.2, 0.25) is 0 Å². The summed E-state index contributed by atoms with van der Waals surface area (Å²) in [6, 6.07) is 0.644. The van der Waals surface area contributed by atoms with Crippen molar-refractivity contribution in [1.82, 2.24) is 10.2 Å². The molecule has 1 N–H and O–H groups in total. The Bertz CT molecular complexity index is 234. The molecule has 3 heteroatoms. The molecular weight excluding hydrogens is 200 g/mol. The van der Waals surface area contributed by atoms with E-state index in [2.05, 4.69) is 31.0 Å². The van der Waals surface area contributed by atoms with E-state index in [1.54, 1.807) is 0 Å². The van der Waals surface area contributed by atoms with Crippen molar-refractivity contribution < 1.29 is 4.74 Å². The molecular formula is C13H26N2O. The van der Waals surface area contributed by atoms with E-state index < -0.39 is 0 Å². The molecule has 2 rings (SSSR count). The van der Waals surface area contributed by atoms with Crippen LogP contribution in [0.3, 0.4) is 0 Å². The molecule has 2 aliphatic heterocycles. The maximum absolute atomic E-state index is 5.70. The summed E-state index contributed by atoms with van der Waals surface area (Å²) in [6.07, 6.45) is 4.09. The van der Waals surface area contributed by atoms with Crippen molar-refractivity contribution in [3.8, 4) is 0 Å². The van der Waals surface area contributed by atoms with Crippen LogP contribution in [0.1, 0.15) is 40.0 Å². The van der Waals surface area contributed by atoms with Gasteiger partial charge in [-0.05, 0) is 46.2 Å². The van der Waals surface area contributed by atoms with Crippen molar-refractivity contribution >= 4 is 0 Å². The van der Waals surface area contributed by atoms with Crippen molar-refractivity contribution in [1.29, 1.82) is 0 Å². The molecule has 2 heterocycles. The number of hydrogen-bond donors (Lipinski definition) is 1. The van der Waals surface area contributed by atoms with Crippen molar-refractivity contribution in [2.24, 2.45) is 0 Å². The highest BCUT2D eigenvalue weighted by Crippen LogP contribution is 2.24.